The number of hydrogen-bond donors (Lipinski definition) is 0. The van der Waals surface area contributed by atoms with Gasteiger partial charge in [0.15, 0.2) is 5.78 Å². The van der Waals surface area contributed by atoms with Gasteiger partial charge in [-0.3, -0.25) is 9.69 Å². The topological polar surface area (TPSA) is 20.3 Å². The highest BCUT2D eigenvalue weighted by Crippen LogP contribution is 2.22. The van der Waals surface area contributed by atoms with Gasteiger partial charge in [0.05, 0.1) is 6.54 Å². The van der Waals surface area contributed by atoms with E-state index in [2.05, 4.69) is 37.8 Å². The average Bonchev–Trinajstić information content (AvgIpc) is 2.43. The van der Waals surface area contributed by atoms with Crippen molar-refractivity contribution < 1.29 is 4.79 Å². The third-order valence-electron chi connectivity index (χ3n) is 4.47. The molecule has 0 spiro atoms. The molecule has 2 atom stereocenters. The highest BCUT2D eigenvalue weighted by atomic mass is 16.1. The number of carbonyl (C=O) groups is 1. The zero-order chi connectivity index (χ0) is 13.8. The van der Waals surface area contributed by atoms with Crippen LogP contribution in [0, 0.1) is 11.8 Å². The van der Waals surface area contributed by atoms with Gasteiger partial charge in [0.25, 0.3) is 0 Å². The number of hydrogen-bond acceptors (Lipinski definition) is 2. The van der Waals surface area contributed by atoms with E-state index in [0.717, 1.165) is 31.0 Å². The highest BCUT2D eigenvalue weighted by molar-refractivity contribution is 5.97. The molecule has 0 bridgehead atoms. The minimum Gasteiger partial charge on any atom is -0.296 e. The van der Waals surface area contributed by atoms with Crippen LogP contribution in [0.15, 0.2) is 24.3 Å². The second-order valence-electron chi connectivity index (χ2n) is 5.95. The summed E-state index contributed by atoms with van der Waals surface area (Å²) >= 11 is 0. The Balaban J connectivity index is 1.93. The first-order valence-corrected chi connectivity index (χ1v) is 7.44. The van der Waals surface area contributed by atoms with E-state index in [1.165, 1.54) is 12.0 Å². The van der Waals surface area contributed by atoms with Crippen LogP contribution in [0.3, 0.4) is 0 Å². The van der Waals surface area contributed by atoms with Crippen molar-refractivity contribution in [1.82, 2.24) is 4.90 Å². The van der Waals surface area contributed by atoms with E-state index in [1.807, 2.05) is 12.1 Å². The van der Waals surface area contributed by atoms with Crippen molar-refractivity contribution in [2.75, 3.05) is 19.6 Å². The summed E-state index contributed by atoms with van der Waals surface area (Å²) in [6.45, 7) is 9.42. The second-order valence-corrected chi connectivity index (χ2v) is 5.95. The van der Waals surface area contributed by atoms with E-state index in [4.69, 9.17) is 0 Å². The molecule has 2 rings (SSSR count). The molecule has 0 amide bonds. The van der Waals surface area contributed by atoms with Crippen LogP contribution in [0.25, 0.3) is 0 Å². The van der Waals surface area contributed by atoms with Gasteiger partial charge in [-0.05, 0) is 36.8 Å². The molecule has 1 aromatic carbocycles. The third-order valence-corrected chi connectivity index (χ3v) is 4.47. The van der Waals surface area contributed by atoms with Crippen molar-refractivity contribution in [3.63, 3.8) is 0 Å². The molecule has 1 heterocycles. The van der Waals surface area contributed by atoms with Gasteiger partial charge in [-0.25, -0.2) is 0 Å². The van der Waals surface area contributed by atoms with Crippen molar-refractivity contribution in [2.24, 2.45) is 11.8 Å². The Labute approximate surface area is 116 Å². The Morgan fingerprint density at radius 1 is 1.21 bits per heavy atom. The lowest BCUT2D eigenvalue weighted by molar-refractivity contribution is 0.0849. The van der Waals surface area contributed by atoms with Gasteiger partial charge in [0.2, 0.25) is 0 Å². The van der Waals surface area contributed by atoms with Crippen LogP contribution in [0.4, 0.5) is 0 Å². The van der Waals surface area contributed by atoms with Crippen LogP contribution in [-0.4, -0.2) is 30.3 Å². The predicted octanol–water partition coefficient (Wildman–Crippen LogP) is 3.41. The van der Waals surface area contributed by atoms with Crippen LogP contribution in [-0.2, 0) is 6.42 Å². The van der Waals surface area contributed by atoms with Gasteiger partial charge in [-0.2, -0.15) is 0 Å². The number of piperidine rings is 1. The zero-order valence-electron chi connectivity index (χ0n) is 12.4. The summed E-state index contributed by atoms with van der Waals surface area (Å²) in [5.41, 5.74) is 2.14. The largest absolute Gasteiger partial charge is 0.296 e. The SMILES string of the molecule is CCc1ccc(C(=O)CN2CCC(C)C(C)C2)cc1. The fraction of sp³-hybridized carbons (Fsp3) is 0.588. The van der Waals surface area contributed by atoms with Gasteiger partial charge in [0.1, 0.15) is 0 Å². The number of likely N-dealkylation sites (tertiary alicyclic amines) is 1. The molecule has 0 radical (unpaired) electrons. The van der Waals surface area contributed by atoms with E-state index in [-0.39, 0.29) is 5.78 Å². The standard InChI is InChI=1S/C17H25NO/c1-4-15-5-7-16(8-6-15)17(19)12-18-10-9-13(2)14(3)11-18/h5-8,13-14H,4,9-12H2,1-3H3. The molecular weight excluding hydrogens is 234 g/mol. The fourth-order valence-corrected chi connectivity index (χ4v) is 2.71. The van der Waals surface area contributed by atoms with Gasteiger partial charge < -0.3 is 0 Å². The van der Waals surface area contributed by atoms with Crippen molar-refractivity contribution in [3.8, 4) is 0 Å². The summed E-state index contributed by atoms with van der Waals surface area (Å²) in [5, 5.41) is 0. The third kappa shape index (κ3) is 3.66. The van der Waals surface area contributed by atoms with E-state index in [9.17, 15) is 4.79 Å². The van der Waals surface area contributed by atoms with E-state index < -0.39 is 0 Å². The monoisotopic (exact) mass is 259 g/mol. The Morgan fingerprint density at radius 3 is 2.47 bits per heavy atom. The fourth-order valence-electron chi connectivity index (χ4n) is 2.71. The summed E-state index contributed by atoms with van der Waals surface area (Å²) in [7, 11) is 0. The Kier molecular flexibility index (Phi) is 4.76. The number of nitrogens with zero attached hydrogens (tertiary/aromatic N) is 1. The maximum atomic E-state index is 12.3. The number of rotatable bonds is 4. The first-order valence-electron chi connectivity index (χ1n) is 7.44. The lowest BCUT2D eigenvalue weighted by Crippen LogP contribution is -2.41. The maximum absolute atomic E-state index is 12.3. The van der Waals surface area contributed by atoms with Crippen LogP contribution in [0.2, 0.25) is 0 Å². The number of carbonyl (C=O) groups excluding carboxylic acids is 1. The molecule has 2 nitrogen and oxygen atoms in total. The molecule has 1 aliphatic rings. The smallest absolute Gasteiger partial charge is 0.176 e. The van der Waals surface area contributed by atoms with Crippen LogP contribution < -0.4 is 0 Å². The molecule has 0 aliphatic carbocycles. The molecule has 1 saturated heterocycles. The van der Waals surface area contributed by atoms with Crippen LogP contribution in [0.5, 0.6) is 0 Å². The van der Waals surface area contributed by atoms with Crippen LogP contribution in [0.1, 0.15) is 43.1 Å². The average molecular weight is 259 g/mol. The van der Waals surface area contributed by atoms with E-state index in [0.29, 0.717) is 12.5 Å². The van der Waals surface area contributed by atoms with Crippen molar-refractivity contribution in [3.05, 3.63) is 35.4 Å². The minimum absolute atomic E-state index is 0.254. The van der Waals surface area contributed by atoms with Gasteiger partial charge >= 0.3 is 0 Å². The highest BCUT2D eigenvalue weighted by Gasteiger charge is 2.24. The first-order chi connectivity index (χ1) is 9.10. The molecule has 104 valence electrons. The molecule has 0 saturated carbocycles. The van der Waals surface area contributed by atoms with E-state index >= 15 is 0 Å². The Morgan fingerprint density at radius 2 is 1.89 bits per heavy atom. The first kappa shape index (κ1) is 14.3. The predicted molar refractivity (Wildman–Crippen MR) is 79.5 cm³/mol. The molecule has 19 heavy (non-hydrogen) atoms. The molecule has 0 N–H and O–H groups in total. The van der Waals surface area contributed by atoms with Gasteiger partial charge in [-0.15, -0.1) is 0 Å². The molecule has 2 unspecified atom stereocenters. The van der Waals surface area contributed by atoms with Gasteiger partial charge in [0, 0.05) is 12.1 Å². The molecule has 1 aliphatic heterocycles. The lowest BCUT2D eigenvalue weighted by atomic mass is 9.88. The van der Waals surface area contributed by atoms with E-state index in [1.54, 1.807) is 0 Å². The summed E-state index contributed by atoms with van der Waals surface area (Å²) in [4.78, 5) is 14.6. The maximum Gasteiger partial charge on any atom is 0.176 e. The summed E-state index contributed by atoms with van der Waals surface area (Å²) in [6, 6.07) is 8.07. The van der Waals surface area contributed by atoms with Crippen molar-refractivity contribution >= 4 is 5.78 Å². The Hall–Kier alpha value is -1.15. The molecule has 0 aromatic heterocycles. The molecular formula is C17H25NO. The summed E-state index contributed by atoms with van der Waals surface area (Å²) in [5.74, 6) is 1.74. The minimum atomic E-state index is 0.254. The van der Waals surface area contributed by atoms with Gasteiger partial charge in [-0.1, -0.05) is 45.0 Å². The molecule has 1 fully saturated rings. The second kappa shape index (κ2) is 6.33. The summed E-state index contributed by atoms with van der Waals surface area (Å²) < 4.78 is 0. The zero-order valence-corrected chi connectivity index (χ0v) is 12.4. The number of aryl methyl sites for hydroxylation is 1. The molecule has 1 aromatic rings. The Bertz CT molecular complexity index is 423. The van der Waals surface area contributed by atoms with Crippen molar-refractivity contribution in [1.29, 1.82) is 0 Å². The quantitative estimate of drug-likeness (QED) is 0.772. The van der Waals surface area contributed by atoms with Crippen molar-refractivity contribution in [2.45, 2.75) is 33.6 Å². The number of benzene rings is 1. The normalized spacial score (nSPS) is 24.4. The molecule has 2 heteroatoms. The number of ketones is 1. The summed E-state index contributed by atoms with van der Waals surface area (Å²) in [6.07, 6.45) is 2.24. The number of Topliss-reactive ketones (excluding diaryl/α,β-unsaturated/α-hetero) is 1. The van der Waals surface area contributed by atoms with Crippen LogP contribution >= 0.6 is 0 Å². The lowest BCUT2D eigenvalue weighted by Gasteiger charge is -2.34.